The van der Waals surface area contributed by atoms with Crippen molar-refractivity contribution in [3.05, 3.63) is 0 Å². The molecule has 0 aromatic rings. The summed E-state index contributed by atoms with van der Waals surface area (Å²) in [5.41, 5.74) is 1.20. The molecule has 4 aliphatic carbocycles. The van der Waals surface area contributed by atoms with E-state index in [1.165, 1.54) is 64.2 Å². The molecule has 2 nitrogen and oxygen atoms in total. The number of rotatable bonds is 5. The summed E-state index contributed by atoms with van der Waals surface area (Å²) < 4.78 is 0. The Balaban J connectivity index is 1.45. The van der Waals surface area contributed by atoms with Gasteiger partial charge in [0.15, 0.2) is 0 Å². The van der Waals surface area contributed by atoms with Crippen LogP contribution in [0, 0.1) is 46.3 Å². The van der Waals surface area contributed by atoms with E-state index in [2.05, 4.69) is 26.1 Å². The van der Waals surface area contributed by atoms with Crippen molar-refractivity contribution in [2.24, 2.45) is 46.3 Å². The lowest BCUT2D eigenvalue weighted by Crippen LogP contribution is -2.53. The van der Waals surface area contributed by atoms with Crippen molar-refractivity contribution in [3.8, 4) is 0 Å². The van der Waals surface area contributed by atoms with Crippen LogP contribution in [-0.4, -0.2) is 12.5 Å². The zero-order chi connectivity index (χ0) is 19.9. The molecule has 0 aliphatic heterocycles. The molecule has 160 valence electrons. The lowest BCUT2D eigenvalue weighted by atomic mass is 9.44. The molecule has 4 unspecified atom stereocenters. The minimum atomic E-state index is 0.251. The van der Waals surface area contributed by atoms with E-state index in [0.717, 1.165) is 49.0 Å². The Kier molecular flexibility index (Phi) is 5.89. The average molecular weight is 388 g/mol. The molecular formula is C26H45NO. The van der Waals surface area contributed by atoms with Gasteiger partial charge in [-0.1, -0.05) is 33.6 Å². The van der Waals surface area contributed by atoms with Crippen LogP contribution >= 0.6 is 0 Å². The largest absolute Gasteiger partial charge is 0.356 e. The predicted molar refractivity (Wildman–Crippen MR) is 117 cm³/mol. The Morgan fingerprint density at radius 2 is 1.75 bits per heavy atom. The number of fused-ring (bicyclic) bond motifs is 5. The minimum absolute atomic E-state index is 0.251. The van der Waals surface area contributed by atoms with Crippen LogP contribution in [0.3, 0.4) is 0 Å². The normalized spacial score (nSPS) is 46.2. The molecule has 0 aromatic heterocycles. The maximum atomic E-state index is 12.0. The molecule has 0 saturated heterocycles. The highest BCUT2D eigenvalue weighted by Gasteiger charge is 2.60. The topological polar surface area (TPSA) is 29.1 Å². The maximum absolute atomic E-state index is 12.0. The summed E-state index contributed by atoms with van der Waals surface area (Å²) in [7, 11) is 0. The molecule has 4 aliphatic rings. The highest BCUT2D eigenvalue weighted by Crippen LogP contribution is 2.68. The molecule has 2 heteroatoms. The van der Waals surface area contributed by atoms with Crippen molar-refractivity contribution in [2.75, 3.05) is 6.54 Å². The van der Waals surface area contributed by atoms with Crippen LogP contribution < -0.4 is 5.32 Å². The van der Waals surface area contributed by atoms with Crippen LogP contribution in [0.1, 0.15) is 105 Å². The van der Waals surface area contributed by atoms with Gasteiger partial charge >= 0.3 is 0 Å². The highest BCUT2D eigenvalue weighted by molar-refractivity contribution is 5.75. The molecule has 0 heterocycles. The van der Waals surface area contributed by atoms with Crippen molar-refractivity contribution in [2.45, 2.75) is 105 Å². The monoisotopic (exact) mass is 387 g/mol. The minimum Gasteiger partial charge on any atom is -0.356 e. The van der Waals surface area contributed by atoms with Gasteiger partial charge in [0.05, 0.1) is 0 Å². The molecule has 0 radical (unpaired) electrons. The summed E-state index contributed by atoms with van der Waals surface area (Å²) in [6, 6.07) is 0. The first-order valence-electron chi connectivity index (χ1n) is 12.7. The highest BCUT2D eigenvalue weighted by atomic mass is 16.1. The Morgan fingerprint density at radius 1 is 0.964 bits per heavy atom. The second-order valence-electron chi connectivity index (χ2n) is 11.6. The summed E-state index contributed by atoms with van der Waals surface area (Å²) in [6.45, 7) is 10.6. The summed E-state index contributed by atoms with van der Waals surface area (Å²) in [6.07, 6.45) is 16.7. The first-order chi connectivity index (χ1) is 13.4. The standard InChI is InChI=1S/C26H45NO/c1-5-27-24(28)14-9-18(2)21-12-13-22-20-11-10-19-8-6-7-16-25(19,3)23(20)15-17-26(21,22)4/h18-23H,5-17H2,1-4H3,(H,27,28)/t18?,19-,20-,21?,22?,23?,25-,26+/m0/s1. The molecule has 4 rings (SSSR count). The predicted octanol–water partition coefficient (Wildman–Crippen LogP) is 6.59. The van der Waals surface area contributed by atoms with Gasteiger partial charge in [-0.2, -0.15) is 0 Å². The number of carbonyl (C=O) groups is 1. The van der Waals surface area contributed by atoms with E-state index in [0.29, 0.717) is 16.7 Å². The second kappa shape index (κ2) is 7.95. The smallest absolute Gasteiger partial charge is 0.219 e. The van der Waals surface area contributed by atoms with Crippen LogP contribution in [-0.2, 0) is 4.79 Å². The zero-order valence-corrected chi connectivity index (χ0v) is 19.1. The quantitative estimate of drug-likeness (QED) is 0.566. The molecule has 4 saturated carbocycles. The molecule has 1 N–H and O–H groups in total. The Hall–Kier alpha value is -0.530. The fourth-order valence-corrected chi connectivity index (χ4v) is 9.12. The van der Waals surface area contributed by atoms with E-state index in [9.17, 15) is 4.79 Å². The van der Waals surface area contributed by atoms with Crippen molar-refractivity contribution >= 4 is 5.91 Å². The fourth-order valence-electron chi connectivity index (χ4n) is 9.12. The molecule has 0 aromatic carbocycles. The van der Waals surface area contributed by atoms with Gasteiger partial charge in [0, 0.05) is 13.0 Å². The van der Waals surface area contributed by atoms with Gasteiger partial charge in [0.1, 0.15) is 0 Å². The van der Waals surface area contributed by atoms with Crippen LogP contribution in [0.15, 0.2) is 0 Å². The number of hydrogen-bond donors (Lipinski definition) is 1. The maximum Gasteiger partial charge on any atom is 0.219 e. The third-order valence-corrected chi connectivity index (χ3v) is 10.5. The lowest BCUT2D eigenvalue weighted by molar-refractivity contribution is -0.122. The fraction of sp³-hybridized carbons (Fsp3) is 0.962. The Bertz CT molecular complexity index is 573. The first-order valence-corrected chi connectivity index (χ1v) is 12.7. The van der Waals surface area contributed by atoms with Gasteiger partial charge in [-0.3, -0.25) is 4.79 Å². The van der Waals surface area contributed by atoms with Gasteiger partial charge in [-0.15, -0.1) is 0 Å². The van der Waals surface area contributed by atoms with E-state index in [-0.39, 0.29) is 5.91 Å². The van der Waals surface area contributed by atoms with Crippen molar-refractivity contribution in [3.63, 3.8) is 0 Å². The average Bonchev–Trinajstić information content (AvgIpc) is 3.03. The van der Waals surface area contributed by atoms with E-state index < -0.39 is 0 Å². The van der Waals surface area contributed by atoms with Crippen LogP contribution in [0.2, 0.25) is 0 Å². The van der Waals surface area contributed by atoms with Crippen molar-refractivity contribution < 1.29 is 4.79 Å². The van der Waals surface area contributed by atoms with Crippen LogP contribution in [0.25, 0.3) is 0 Å². The summed E-state index contributed by atoms with van der Waals surface area (Å²) in [5.74, 6) is 5.78. The molecule has 8 atom stereocenters. The van der Waals surface area contributed by atoms with Crippen LogP contribution in [0.5, 0.6) is 0 Å². The van der Waals surface area contributed by atoms with E-state index in [1.807, 2.05) is 6.92 Å². The molecule has 1 amide bonds. The van der Waals surface area contributed by atoms with Gasteiger partial charge < -0.3 is 5.32 Å². The van der Waals surface area contributed by atoms with Gasteiger partial charge in [-0.05, 0) is 111 Å². The lowest BCUT2D eigenvalue weighted by Gasteiger charge is -2.61. The van der Waals surface area contributed by atoms with Crippen molar-refractivity contribution in [1.82, 2.24) is 5.32 Å². The molecule has 4 fully saturated rings. The molecular weight excluding hydrogens is 342 g/mol. The second-order valence-corrected chi connectivity index (χ2v) is 11.6. The molecule has 28 heavy (non-hydrogen) atoms. The van der Waals surface area contributed by atoms with Crippen molar-refractivity contribution in [1.29, 1.82) is 0 Å². The van der Waals surface area contributed by atoms with E-state index in [1.54, 1.807) is 0 Å². The summed E-state index contributed by atoms with van der Waals surface area (Å²) >= 11 is 0. The molecule has 0 bridgehead atoms. The third kappa shape index (κ3) is 3.35. The summed E-state index contributed by atoms with van der Waals surface area (Å²) in [4.78, 5) is 12.0. The SMILES string of the molecule is CCNC(=O)CCC(C)C1CCC2[C@@H]3CC[C@@H]4CCCC[C@]4(C)C3CC[C@]12C. The molecule has 0 spiro atoms. The van der Waals surface area contributed by atoms with Gasteiger partial charge in [0.25, 0.3) is 0 Å². The van der Waals surface area contributed by atoms with Gasteiger partial charge in [0.2, 0.25) is 5.91 Å². The number of carbonyl (C=O) groups excluding carboxylic acids is 1. The Labute approximate surface area is 174 Å². The number of nitrogens with one attached hydrogen (secondary N) is 1. The third-order valence-electron chi connectivity index (χ3n) is 10.5. The number of amides is 1. The van der Waals surface area contributed by atoms with Gasteiger partial charge in [-0.25, -0.2) is 0 Å². The summed E-state index contributed by atoms with van der Waals surface area (Å²) in [5, 5.41) is 2.99. The zero-order valence-electron chi connectivity index (χ0n) is 19.1. The van der Waals surface area contributed by atoms with E-state index >= 15 is 0 Å². The van der Waals surface area contributed by atoms with Crippen LogP contribution in [0.4, 0.5) is 0 Å². The Morgan fingerprint density at radius 3 is 2.54 bits per heavy atom. The first kappa shape index (κ1) is 20.7. The number of hydrogen-bond acceptors (Lipinski definition) is 1. The van der Waals surface area contributed by atoms with E-state index in [4.69, 9.17) is 0 Å².